The summed E-state index contributed by atoms with van der Waals surface area (Å²) < 4.78 is 31.2. The minimum atomic E-state index is -1.06. The first-order valence-electron chi connectivity index (χ1n) is 6.82. The Morgan fingerprint density at radius 3 is 2.57 bits per heavy atom. The second-order valence-corrected chi connectivity index (χ2v) is 5.06. The van der Waals surface area contributed by atoms with Gasteiger partial charge >= 0.3 is 5.97 Å². The number of esters is 1. The molecule has 1 aliphatic rings. The Morgan fingerprint density at radius 2 is 1.95 bits per heavy atom. The van der Waals surface area contributed by atoms with Crippen molar-refractivity contribution in [3.63, 3.8) is 0 Å². The van der Waals surface area contributed by atoms with Gasteiger partial charge in [-0.15, -0.1) is 0 Å². The molecule has 5 heteroatoms. The van der Waals surface area contributed by atoms with Crippen LogP contribution in [-0.2, 0) is 4.74 Å². The van der Waals surface area contributed by atoms with Crippen LogP contribution in [0, 0.1) is 28.9 Å². The maximum Gasteiger partial charge on any atom is 0.338 e. The third kappa shape index (κ3) is 4.12. The Labute approximate surface area is 121 Å². The van der Waals surface area contributed by atoms with Crippen LogP contribution < -0.4 is 0 Å². The number of hydrogen-bond acceptors (Lipinski definition) is 3. The smallest absolute Gasteiger partial charge is 0.338 e. The molecule has 2 rings (SSSR count). The molecule has 110 valence electrons. The third-order valence-electron chi connectivity index (χ3n) is 3.59. The van der Waals surface area contributed by atoms with Gasteiger partial charge in [0.2, 0.25) is 0 Å². The van der Waals surface area contributed by atoms with Crippen molar-refractivity contribution in [3.8, 4) is 6.07 Å². The van der Waals surface area contributed by atoms with Crippen LogP contribution in [0.2, 0.25) is 0 Å². The number of halogens is 2. The molecule has 1 saturated carbocycles. The van der Waals surface area contributed by atoms with Crippen molar-refractivity contribution in [2.45, 2.75) is 31.8 Å². The average Bonchev–Trinajstić information content (AvgIpc) is 2.49. The molecular formula is C16H15F2NO2. The molecule has 1 aliphatic carbocycles. The van der Waals surface area contributed by atoms with Crippen LogP contribution in [0.15, 0.2) is 30.4 Å². The summed E-state index contributed by atoms with van der Waals surface area (Å²) in [4.78, 5) is 11.9. The molecule has 1 fully saturated rings. The Hall–Kier alpha value is -2.22. The van der Waals surface area contributed by atoms with Crippen molar-refractivity contribution in [1.82, 2.24) is 0 Å². The molecular weight excluding hydrogens is 276 g/mol. The number of nitriles is 1. The van der Waals surface area contributed by atoms with E-state index < -0.39 is 17.6 Å². The number of benzene rings is 1. The molecule has 0 radical (unpaired) electrons. The van der Waals surface area contributed by atoms with Gasteiger partial charge in [0.05, 0.1) is 11.6 Å². The molecule has 21 heavy (non-hydrogen) atoms. The van der Waals surface area contributed by atoms with Crippen molar-refractivity contribution < 1.29 is 18.3 Å². The highest BCUT2D eigenvalue weighted by Gasteiger charge is 2.23. The largest absolute Gasteiger partial charge is 0.459 e. The van der Waals surface area contributed by atoms with Crippen LogP contribution in [0.3, 0.4) is 0 Å². The van der Waals surface area contributed by atoms with E-state index in [1.54, 1.807) is 0 Å². The predicted octanol–water partition coefficient (Wildman–Crippen LogP) is 3.76. The van der Waals surface area contributed by atoms with Crippen LogP contribution in [-0.4, -0.2) is 12.1 Å². The minimum Gasteiger partial charge on any atom is -0.459 e. The fraction of sp³-hybridized carbons (Fsp3) is 0.375. The van der Waals surface area contributed by atoms with Gasteiger partial charge in [-0.25, -0.2) is 13.6 Å². The normalized spacial score (nSPS) is 22.0. The summed E-state index contributed by atoms with van der Waals surface area (Å²) in [6, 6.07) is 4.93. The van der Waals surface area contributed by atoms with Crippen LogP contribution >= 0.6 is 0 Å². The Balaban J connectivity index is 1.88. The highest BCUT2D eigenvalue weighted by Crippen LogP contribution is 2.27. The highest BCUT2D eigenvalue weighted by molar-refractivity contribution is 5.89. The molecule has 0 aliphatic heterocycles. The summed E-state index contributed by atoms with van der Waals surface area (Å²) in [5.41, 5.74) is 0.0143. The number of allylic oxidation sites excluding steroid dienone is 2. The van der Waals surface area contributed by atoms with Gasteiger partial charge in [0.1, 0.15) is 6.10 Å². The minimum absolute atomic E-state index is 0.0143. The molecule has 0 bridgehead atoms. The predicted molar refractivity (Wildman–Crippen MR) is 72.3 cm³/mol. The monoisotopic (exact) mass is 291 g/mol. The van der Waals surface area contributed by atoms with E-state index in [0.717, 1.165) is 25.0 Å². The maximum absolute atomic E-state index is 13.1. The summed E-state index contributed by atoms with van der Waals surface area (Å²) >= 11 is 0. The van der Waals surface area contributed by atoms with Gasteiger partial charge in [-0.2, -0.15) is 5.26 Å². The number of carbonyl (C=O) groups is 1. The number of carbonyl (C=O) groups excluding carboxylic acids is 1. The van der Waals surface area contributed by atoms with Crippen molar-refractivity contribution >= 4 is 5.97 Å². The van der Waals surface area contributed by atoms with Gasteiger partial charge in [0.15, 0.2) is 11.6 Å². The van der Waals surface area contributed by atoms with E-state index in [2.05, 4.69) is 0 Å². The zero-order chi connectivity index (χ0) is 15.2. The summed E-state index contributed by atoms with van der Waals surface area (Å²) in [5, 5.41) is 8.47. The first-order chi connectivity index (χ1) is 10.1. The number of nitrogens with zero attached hydrogens (tertiary/aromatic N) is 1. The number of rotatable bonds is 3. The van der Waals surface area contributed by atoms with Crippen molar-refractivity contribution in [2.75, 3.05) is 0 Å². The van der Waals surface area contributed by atoms with E-state index in [0.29, 0.717) is 18.8 Å². The van der Waals surface area contributed by atoms with E-state index in [9.17, 15) is 13.6 Å². The zero-order valence-corrected chi connectivity index (χ0v) is 11.4. The summed E-state index contributed by atoms with van der Waals surface area (Å²) in [6.07, 6.45) is 6.22. The molecule has 1 aromatic rings. The fourth-order valence-electron chi connectivity index (χ4n) is 2.42. The molecule has 0 atom stereocenters. The van der Waals surface area contributed by atoms with Crippen LogP contribution in [0.1, 0.15) is 36.0 Å². The van der Waals surface area contributed by atoms with E-state index >= 15 is 0 Å². The topological polar surface area (TPSA) is 50.1 Å². The second kappa shape index (κ2) is 6.98. The Morgan fingerprint density at radius 1 is 1.24 bits per heavy atom. The molecule has 0 N–H and O–H groups in total. The zero-order valence-electron chi connectivity index (χ0n) is 11.4. The second-order valence-electron chi connectivity index (χ2n) is 5.06. The van der Waals surface area contributed by atoms with Crippen LogP contribution in [0.5, 0.6) is 0 Å². The van der Waals surface area contributed by atoms with E-state index in [1.807, 2.05) is 12.1 Å². The van der Waals surface area contributed by atoms with E-state index in [1.165, 1.54) is 12.1 Å². The summed E-state index contributed by atoms with van der Waals surface area (Å²) in [7, 11) is 0. The third-order valence-corrected chi connectivity index (χ3v) is 3.59. The van der Waals surface area contributed by atoms with Gasteiger partial charge in [-0.05, 0) is 49.8 Å². The van der Waals surface area contributed by atoms with E-state index in [4.69, 9.17) is 10.00 Å². The first-order valence-corrected chi connectivity index (χ1v) is 6.82. The lowest BCUT2D eigenvalue weighted by Crippen LogP contribution is -2.24. The molecule has 0 spiro atoms. The lowest BCUT2D eigenvalue weighted by atomic mass is 9.87. The maximum atomic E-state index is 13.1. The average molecular weight is 291 g/mol. The molecule has 0 aromatic heterocycles. The number of ether oxygens (including phenoxy) is 1. The summed E-state index contributed by atoms with van der Waals surface area (Å²) in [5.74, 6) is -2.35. The van der Waals surface area contributed by atoms with Crippen molar-refractivity contribution in [3.05, 3.63) is 47.5 Å². The lowest BCUT2D eigenvalue weighted by molar-refractivity contribution is 0.0184. The van der Waals surface area contributed by atoms with Crippen molar-refractivity contribution in [2.24, 2.45) is 5.92 Å². The standard InChI is InChI=1S/C16H15F2NO2/c17-14-8-5-12(10-15(14)18)16(20)21-13-6-3-11(4-7-13)2-1-9-19/h1-2,5,8,10-11,13H,3-4,6-7H2/t11-,13-. The number of hydrogen-bond donors (Lipinski definition) is 0. The molecule has 0 heterocycles. The van der Waals surface area contributed by atoms with Gasteiger partial charge in [0, 0.05) is 6.08 Å². The quantitative estimate of drug-likeness (QED) is 0.629. The van der Waals surface area contributed by atoms with Gasteiger partial charge in [-0.3, -0.25) is 0 Å². The molecule has 3 nitrogen and oxygen atoms in total. The summed E-state index contributed by atoms with van der Waals surface area (Å²) in [6.45, 7) is 0. The van der Waals surface area contributed by atoms with Gasteiger partial charge < -0.3 is 4.74 Å². The SMILES string of the molecule is N#CC=C[C@H]1CC[C@H](OC(=O)c2ccc(F)c(F)c2)CC1. The van der Waals surface area contributed by atoms with Crippen LogP contribution in [0.4, 0.5) is 8.78 Å². The van der Waals surface area contributed by atoms with Crippen molar-refractivity contribution in [1.29, 1.82) is 5.26 Å². The van der Waals surface area contributed by atoms with Gasteiger partial charge in [0.25, 0.3) is 0 Å². The molecule has 0 saturated heterocycles. The molecule has 1 aromatic carbocycles. The Bertz CT molecular complexity index is 584. The molecule has 0 amide bonds. The fourth-order valence-corrected chi connectivity index (χ4v) is 2.42. The van der Waals surface area contributed by atoms with E-state index in [-0.39, 0.29) is 11.7 Å². The molecule has 0 unspecified atom stereocenters. The first kappa shape index (κ1) is 15.2. The lowest BCUT2D eigenvalue weighted by Gasteiger charge is -2.26. The van der Waals surface area contributed by atoms with Crippen LogP contribution in [0.25, 0.3) is 0 Å². The van der Waals surface area contributed by atoms with Gasteiger partial charge in [-0.1, -0.05) is 6.08 Å². The Kier molecular flexibility index (Phi) is 5.04. The highest BCUT2D eigenvalue weighted by atomic mass is 19.2.